The molecule has 1 aromatic heterocycles. The third kappa shape index (κ3) is 1.78. The summed E-state index contributed by atoms with van der Waals surface area (Å²) in [7, 11) is 0. The number of imide groups is 1. The molecule has 0 saturated heterocycles. The third-order valence-electron chi connectivity index (χ3n) is 3.09. The molecule has 0 unspecified atom stereocenters. The van der Waals surface area contributed by atoms with E-state index in [0.29, 0.717) is 4.90 Å². The van der Waals surface area contributed by atoms with E-state index in [2.05, 4.69) is 4.98 Å². The van der Waals surface area contributed by atoms with Gasteiger partial charge in [-0.3, -0.25) is 14.6 Å². The van der Waals surface area contributed by atoms with Gasteiger partial charge in [-0.25, -0.2) is 14.1 Å². The van der Waals surface area contributed by atoms with Gasteiger partial charge in [0.15, 0.2) is 0 Å². The monoisotopic (exact) mass is 286 g/mol. The van der Waals surface area contributed by atoms with Crippen molar-refractivity contribution >= 4 is 23.5 Å². The van der Waals surface area contributed by atoms with E-state index in [1.807, 2.05) is 0 Å². The van der Waals surface area contributed by atoms with Gasteiger partial charge in [-0.15, -0.1) is 0 Å². The van der Waals surface area contributed by atoms with Crippen molar-refractivity contribution in [2.75, 3.05) is 4.90 Å². The fraction of sp³-hybridized carbons (Fsp3) is 0. The average Bonchev–Trinajstić information content (AvgIpc) is 2.71. The van der Waals surface area contributed by atoms with Gasteiger partial charge in [0.2, 0.25) is 0 Å². The molecule has 1 aromatic carbocycles. The van der Waals surface area contributed by atoms with Gasteiger partial charge in [-0.1, -0.05) is 6.07 Å². The van der Waals surface area contributed by atoms with Gasteiger partial charge >= 0.3 is 5.97 Å². The van der Waals surface area contributed by atoms with E-state index in [1.54, 1.807) is 0 Å². The number of aromatic carboxylic acids is 1. The number of amides is 2. The summed E-state index contributed by atoms with van der Waals surface area (Å²) in [5.41, 5.74) is -1.06. The molecule has 3 rings (SSSR count). The molecular weight excluding hydrogens is 279 g/mol. The lowest BCUT2D eigenvalue weighted by atomic mass is 10.1. The molecule has 1 N–H and O–H groups in total. The first-order chi connectivity index (χ1) is 10.0. The number of aromatic nitrogens is 1. The van der Waals surface area contributed by atoms with E-state index >= 15 is 0 Å². The largest absolute Gasteiger partial charge is 0.478 e. The van der Waals surface area contributed by atoms with E-state index in [4.69, 9.17) is 5.11 Å². The Morgan fingerprint density at radius 2 is 1.90 bits per heavy atom. The second-order valence-electron chi connectivity index (χ2n) is 4.28. The van der Waals surface area contributed by atoms with Crippen LogP contribution in [0.3, 0.4) is 0 Å². The highest BCUT2D eigenvalue weighted by Gasteiger charge is 2.40. The summed E-state index contributed by atoms with van der Waals surface area (Å²) in [4.78, 5) is 40.1. The number of halogens is 1. The number of carboxylic acid groups (broad SMARTS) is 1. The summed E-state index contributed by atoms with van der Waals surface area (Å²) in [6.07, 6.45) is 1.34. The second kappa shape index (κ2) is 4.48. The Hall–Kier alpha value is -3.09. The minimum Gasteiger partial charge on any atom is -0.478 e. The highest BCUT2D eigenvalue weighted by molar-refractivity contribution is 6.34. The lowest BCUT2D eigenvalue weighted by Gasteiger charge is -2.16. The van der Waals surface area contributed by atoms with Crippen molar-refractivity contribution in [2.24, 2.45) is 0 Å². The molecule has 0 radical (unpaired) electrons. The zero-order chi connectivity index (χ0) is 15.1. The fourth-order valence-electron chi connectivity index (χ4n) is 2.20. The van der Waals surface area contributed by atoms with Crippen molar-refractivity contribution in [3.63, 3.8) is 0 Å². The van der Waals surface area contributed by atoms with Crippen molar-refractivity contribution < 1.29 is 23.9 Å². The molecular formula is C14H7FN2O4. The van der Waals surface area contributed by atoms with Crippen molar-refractivity contribution in [3.8, 4) is 0 Å². The van der Waals surface area contributed by atoms with Gasteiger partial charge in [0.1, 0.15) is 17.1 Å². The van der Waals surface area contributed by atoms with Crippen molar-refractivity contribution in [2.45, 2.75) is 0 Å². The normalized spacial score (nSPS) is 13.5. The Labute approximate surface area is 117 Å². The number of benzene rings is 1. The Bertz CT molecular complexity index is 768. The van der Waals surface area contributed by atoms with Crippen LogP contribution in [0.1, 0.15) is 31.2 Å². The first-order valence-corrected chi connectivity index (χ1v) is 5.88. The average molecular weight is 286 g/mol. The first-order valence-electron chi connectivity index (χ1n) is 5.88. The van der Waals surface area contributed by atoms with Crippen molar-refractivity contribution in [1.82, 2.24) is 4.98 Å². The number of nitrogens with zero attached hydrogens (tertiary/aromatic N) is 2. The maximum Gasteiger partial charge on any atom is 0.340 e. The minimum absolute atomic E-state index is 0.0584. The van der Waals surface area contributed by atoms with E-state index in [-0.39, 0.29) is 16.9 Å². The van der Waals surface area contributed by atoms with Crippen LogP contribution in [0.15, 0.2) is 36.5 Å². The maximum absolute atomic E-state index is 13.7. The molecule has 0 atom stereocenters. The molecule has 2 amide bonds. The number of fused-ring (bicyclic) bond motifs is 1. The highest BCUT2D eigenvalue weighted by Crippen LogP contribution is 2.30. The molecule has 2 aromatic rings. The topological polar surface area (TPSA) is 87.6 Å². The molecule has 0 saturated carbocycles. The van der Waals surface area contributed by atoms with E-state index in [9.17, 15) is 18.8 Å². The molecule has 0 aliphatic carbocycles. The van der Waals surface area contributed by atoms with Gasteiger partial charge in [-0.2, -0.15) is 0 Å². The van der Waals surface area contributed by atoms with Crippen LogP contribution in [0, 0.1) is 5.82 Å². The Morgan fingerprint density at radius 3 is 2.57 bits per heavy atom. The standard InChI is InChI=1S/C14H7FN2O4/c15-8-4-1-5-9(10(8)14(20)21)17-12(18)7-3-2-6-16-11(7)13(17)19/h1-6H,(H,20,21). The highest BCUT2D eigenvalue weighted by atomic mass is 19.1. The van der Waals surface area contributed by atoms with Crippen LogP contribution in [0.4, 0.5) is 10.1 Å². The number of carbonyl (C=O) groups is 3. The molecule has 0 spiro atoms. The maximum atomic E-state index is 13.7. The van der Waals surface area contributed by atoms with Gasteiger partial charge in [0.25, 0.3) is 11.8 Å². The molecule has 7 heteroatoms. The van der Waals surface area contributed by atoms with Crippen LogP contribution in [-0.4, -0.2) is 27.9 Å². The summed E-state index contributed by atoms with van der Waals surface area (Å²) in [6.45, 7) is 0. The quantitative estimate of drug-likeness (QED) is 0.849. The van der Waals surface area contributed by atoms with Crippen LogP contribution in [0.5, 0.6) is 0 Å². The molecule has 0 bridgehead atoms. The number of hydrogen-bond donors (Lipinski definition) is 1. The number of hydrogen-bond acceptors (Lipinski definition) is 4. The number of anilines is 1. The van der Waals surface area contributed by atoms with Crippen LogP contribution < -0.4 is 4.90 Å². The zero-order valence-corrected chi connectivity index (χ0v) is 10.4. The second-order valence-corrected chi connectivity index (χ2v) is 4.28. The number of pyridine rings is 1. The molecule has 1 aliphatic rings. The smallest absolute Gasteiger partial charge is 0.340 e. The van der Waals surface area contributed by atoms with Crippen LogP contribution in [0.2, 0.25) is 0 Å². The summed E-state index contributed by atoms with van der Waals surface area (Å²) in [5.74, 6) is -4.09. The van der Waals surface area contributed by atoms with Gasteiger partial charge in [0.05, 0.1) is 11.3 Å². The summed E-state index contributed by atoms with van der Waals surface area (Å²) in [5, 5.41) is 9.09. The van der Waals surface area contributed by atoms with Crippen LogP contribution in [0.25, 0.3) is 0 Å². The van der Waals surface area contributed by atoms with Gasteiger partial charge in [0, 0.05) is 6.20 Å². The van der Waals surface area contributed by atoms with Crippen molar-refractivity contribution in [3.05, 3.63) is 59.2 Å². The number of carbonyl (C=O) groups excluding carboxylic acids is 2. The number of carboxylic acids is 1. The molecule has 6 nitrogen and oxygen atoms in total. The minimum atomic E-state index is -1.56. The van der Waals surface area contributed by atoms with E-state index < -0.39 is 29.2 Å². The van der Waals surface area contributed by atoms with Crippen molar-refractivity contribution in [1.29, 1.82) is 0 Å². The molecule has 2 heterocycles. The predicted octanol–water partition coefficient (Wildman–Crippen LogP) is 1.72. The van der Waals surface area contributed by atoms with Gasteiger partial charge in [-0.05, 0) is 24.3 Å². The zero-order valence-electron chi connectivity index (χ0n) is 10.4. The first kappa shape index (κ1) is 12.9. The summed E-state index contributed by atoms with van der Waals surface area (Å²) in [6, 6.07) is 6.27. The lowest BCUT2D eigenvalue weighted by Crippen LogP contribution is -2.31. The lowest BCUT2D eigenvalue weighted by molar-refractivity contribution is 0.0693. The van der Waals surface area contributed by atoms with E-state index in [0.717, 1.165) is 6.07 Å². The Balaban J connectivity index is 2.21. The third-order valence-corrected chi connectivity index (χ3v) is 3.09. The van der Waals surface area contributed by atoms with Crippen LogP contribution >= 0.6 is 0 Å². The number of rotatable bonds is 2. The summed E-state index contributed by atoms with van der Waals surface area (Å²) >= 11 is 0. The fourth-order valence-corrected chi connectivity index (χ4v) is 2.20. The SMILES string of the molecule is O=C(O)c1c(F)cccc1N1C(=O)c2cccnc2C1=O. The summed E-state index contributed by atoms with van der Waals surface area (Å²) < 4.78 is 13.7. The van der Waals surface area contributed by atoms with Crippen LogP contribution in [-0.2, 0) is 0 Å². The predicted molar refractivity (Wildman–Crippen MR) is 68.7 cm³/mol. The molecule has 104 valence electrons. The molecule has 21 heavy (non-hydrogen) atoms. The Morgan fingerprint density at radius 1 is 1.14 bits per heavy atom. The van der Waals surface area contributed by atoms with Gasteiger partial charge < -0.3 is 5.11 Å². The van der Waals surface area contributed by atoms with E-state index in [1.165, 1.54) is 30.5 Å². The molecule has 0 fully saturated rings. The molecule has 1 aliphatic heterocycles. The Kier molecular flexibility index (Phi) is 2.76.